The molecular formula is C19H21ClN2. The maximum Gasteiger partial charge on any atom is 0.138 e. The summed E-state index contributed by atoms with van der Waals surface area (Å²) < 4.78 is 0. The zero-order valence-corrected chi connectivity index (χ0v) is 13.7. The second-order valence-corrected chi connectivity index (χ2v) is 6.15. The highest BCUT2D eigenvalue weighted by atomic mass is 35.5. The number of rotatable bonds is 6. The second kappa shape index (κ2) is 6.97. The van der Waals surface area contributed by atoms with E-state index in [1.54, 1.807) is 0 Å². The van der Waals surface area contributed by atoms with Crippen LogP contribution >= 0.6 is 11.6 Å². The third-order valence-corrected chi connectivity index (χ3v) is 4.25. The van der Waals surface area contributed by atoms with Crippen molar-refractivity contribution in [2.75, 3.05) is 0 Å². The Morgan fingerprint density at radius 3 is 2.77 bits per heavy atom. The monoisotopic (exact) mass is 312 g/mol. The molecule has 3 rings (SSSR count). The predicted octanol–water partition coefficient (Wildman–Crippen LogP) is 6.01. The molecule has 2 aromatic carbocycles. The molecule has 1 aromatic heterocycles. The molecule has 3 heteroatoms. The van der Waals surface area contributed by atoms with Gasteiger partial charge in [-0.1, -0.05) is 62.1 Å². The van der Waals surface area contributed by atoms with Gasteiger partial charge in [-0.15, -0.1) is 0 Å². The van der Waals surface area contributed by atoms with E-state index < -0.39 is 0 Å². The van der Waals surface area contributed by atoms with Crippen molar-refractivity contribution < 1.29 is 0 Å². The lowest BCUT2D eigenvalue weighted by molar-refractivity contribution is 0.667. The predicted molar refractivity (Wildman–Crippen MR) is 94.4 cm³/mol. The summed E-state index contributed by atoms with van der Waals surface area (Å²) in [7, 11) is 0. The summed E-state index contributed by atoms with van der Waals surface area (Å²) in [5.74, 6) is 0.934. The maximum atomic E-state index is 6.06. The van der Waals surface area contributed by atoms with Crippen LogP contribution in [0.2, 0.25) is 5.02 Å². The summed E-state index contributed by atoms with van der Waals surface area (Å²) in [6.45, 7) is 2.24. The Labute approximate surface area is 136 Å². The number of aromatic amines is 1. The summed E-state index contributed by atoms with van der Waals surface area (Å²) in [6.07, 6.45) is 6.21. The maximum absolute atomic E-state index is 6.06. The van der Waals surface area contributed by atoms with Crippen molar-refractivity contribution in [3.05, 3.63) is 53.1 Å². The van der Waals surface area contributed by atoms with E-state index in [4.69, 9.17) is 16.6 Å². The summed E-state index contributed by atoms with van der Waals surface area (Å²) in [5, 5.41) is 0.732. The van der Waals surface area contributed by atoms with E-state index in [1.807, 2.05) is 18.2 Å². The number of hydrogen-bond donors (Lipinski definition) is 1. The Hall–Kier alpha value is -1.80. The topological polar surface area (TPSA) is 28.7 Å². The third kappa shape index (κ3) is 3.33. The van der Waals surface area contributed by atoms with E-state index in [-0.39, 0.29) is 0 Å². The van der Waals surface area contributed by atoms with Crippen molar-refractivity contribution in [1.29, 1.82) is 0 Å². The number of unbranched alkanes of at least 4 members (excludes halogenated alkanes) is 3. The lowest BCUT2D eigenvalue weighted by Gasteiger charge is -2.07. The Kier molecular flexibility index (Phi) is 4.79. The van der Waals surface area contributed by atoms with Crippen molar-refractivity contribution in [2.24, 2.45) is 0 Å². The van der Waals surface area contributed by atoms with Gasteiger partial charge in [0.1, 0.15) is 5.82 Å². The van der Waals surface area contributed by atoms with Crippen molar-refractivity contribution >= 4 is 22.6 Å². The molecule has 1 N–H and O–H groups in total. The normalized spacial score (nSPS) is 11.2. The molecule has 22 heavy (non-hydrogen) atoms. The average Bonchev–Trinajstić information content (AvgIpc) is 2.95. The van der Waals surface area contributed by atoms with Gasteiger partial charge in [-0.25, -0.2) is 4.98 Å². The molecule has 0 aliphatic carbocycles. The minimum atomic E-state index is 0.732. The largest absolute Gasteiger partial charge is 0.338 e. The van der Waals surface area contributed by atoms with Crippen LogP contribution in [-0.4, -0.2) is 9.97 Å². The summed E-state index contributed by atoms with van der Waals surface area (Å²) >= 11 is 6.06. The van der Waals surface area contributed by atoms with Gasteiger partial charge in [0.2, 0.25) is 0 Å². The molecule has 0 radical (unpaired) electrons. The van der Waals surface area contributed by atoms with Gasteiger partial charge in [0, 0.05) is 10.6 Å². The molecule has 0 bridgehead atoms. The van der Waals surface area contributed by atoms with Crippen LogP contribution in [0.25, 0.3) is 22.4 Å². The molecule has 0 atom stereocenters. The molecule has 2 nitrogen and oxygen atoms in total. The van der Waals surface area contributed by atoms with Crippen LogP contribution in [-0.2, 0) is 6.42 Å². The summed E-state index contributed by atoms with van der Waals surface area (Å²) in [5.41, 5.74) is 4.51. The van der Waals surface area contributed by atoms with E-state index in [0.717, 1.165) is 28.3 Å². The Morgan fingerprint density at radius 2 is 1.91 bits per heavy atom. The zero-order chi connectivity index (χ0) is 15.4. The smallest absolute Gasteiger partial charge is 0.138 e. The average molecular weight is 313 g/mol. The van der Waals surface area contributed by atoms with Gasteiger partial charge in [0.25, 0.3) is 0 Å². The first-order chi connectivity index (χ1) is 10.8. The highest BCUT2D eigenvalue weighted by molar-refractivity contribution is 6.31. The van der Waals surface area contributed by atoms with E-state index in [0.29, 0.717) is 0 Å². The number of aromatic nitrogens is 2. The number of hydrogen-bond acceptors (Lipinski definition) is 1. The van der Waals surface area contributed by atoms with Gasteiger partial charge in [-0.2, -0.15) is 0 Å². The minimum Gasteiger partial charge on any atom is -0.338 e. The number of nitrogens with zero attached hydrogens (tertiary/aromatic N) is 1. The van der Waals surface area contributed by atoms with E-state index in [1.165, 1.54) is 36.8 Å². The van der Waals surface area contributed by atoms with E-state index in [9.17, 15) is 0 Å². The SMILES string of the molecule is CCCCCCc1ccccc1-c1nc2ccc(Cl)cc2[nH]1. The molecule has 1 heterocycles. The lowest BCUT2D eigenvalue weighted by Crippen LogP contribution is -1.92. The van der Waals surface area contributed by atoms with Crippen molar-refractivity contribution in [3.63, 3.8) is 0 Å². The van der Waals surface area contributed by atoms with Crippen molar-refractivity contribution in [2.45, 2.75) is 39.0 Å². The molecular weight excluding hydrogens is 292 g/mol. The van der Waals surface area contributed by atoms with Gasteiger partial charge in [0.05, 0.1) is 11.0 Å². The van der Waals surface area contributed by atoms with Crippen LogP contribution in [0.3, 0.4) is 0 Å². The third-order valence-electron chi connectivity index (χ3n) is 4.02. The van der Waals surface area contributed by atoms with Gasteiger partial charge in [-0.05, 0) is 36.6 Å². The lowest BCUT2D eigenvalue weighted by atomic mass is 10.0. The van der Waals surface area contributed by atoms with Crippen LogP contribution in [0.15, 0.2) is 42.5 Å². The first kappa shape index (κ1) is 15.1. The molecule has 0 amide bonds. The fourth-order valence-electron chi connectivity index (χ4n) is 2.82. The summed E-state index contributed by atoms with van der Waals surface area (Å²) in [4.78, 5) is 8.11. The van der Waals surface area contributed by atoms with Crippen LogP contribution in [0.5, 0.6) is 0 Å². The molecule has 0 aliphatic heterocycles. The van der Waals surface area contributed by atoms with Crippen LogP contribution < -0.4 is 0 Å². The Balaban J connectivity index is 1.89. The van der Waals surface area contributed by atoms with E-state index in [2.05, 4.69) is 36.2 Å². The molecule has 0 spiro atoms. The quantitative estimate of drug-likeness (QED) is 0.555. The van der Waals surface area contributed by atoms with Gasteiger partial charge in [0.15, 0.2) is 0 Å². The van der Waals surface area contributed by atoms with Crippen molar-refractivity contribution in [3.8, 4) is 11.4 Å². The fourth-order valence-corrected chi connectivity index (χ4v) is 2.99. The summed E-state index contributed by atoms with van der Waals surface area (Å²) in [6, 6.07) is 14.3. The number of nitrogens with one attached hydrogen (secondary N) is 1. The highest BCUT2D eigenvalue weighted by Crippen LogP contribution is 2.26. The second-order valence-electron chi connectivity index (χ2n) is 5.71. The number of aryl methyl sites for hydroxylation is 1. The van der Waals surface area contributed by atoms with E-state index >= 15 is 0 Å². The van der Waals surface area contributed by atoms with Crippen LogP contribution in [0.4, 0.5) is 0 Å². The first-order valence-corrected chi connectivity index (χ1v) is 8.39. The number of halogens is 1. The van der Waals surface area contributed by atoms with Gasteiger partial charge >= 0.3 is 0 Å². The first-order valence-electron chi connectivity index (χ1n) is 8.01. The number of fused-ring (bicyclic) bond motifs is 1. The fraction of sp³-hybridized carbons (Fsp3) is 0.316. The molecule has 0 saturated heterocycles. The number of imidazole rings is 1. The molecule has 3 aromatic rings. The highest BCUT2D eigenvalue weighted by Gasteiger charge is 2.09. The zero-order valence-electron chi connectivity index (χ0n) is 12.9. The molecule has 0 unspecified atom stereocenters. The Bertz CT molecular complexity index is 761. The molecule has 0 aliphatic rings. The minimum absolute atomic E-state index is 0.732. The van der Waals surface area contributed by atoms with Crippen molar-refractivity contribution in [1.82, 2.24) is 9.97 Å². The van der Waals surface area contributed by atoms with Crippen LogP contribution in [0, 0.1) is 0 Å². The van der Waals surface area contributed by atoms with Gasteiger partial charge in [-0.3, -0.25) is 0 Å². The number of benzene rings is 2. The Morgan fingerprint density at radius 1 is 1.05 bits per heavy atom. The molecule has 0 saturated carbocycles. The van der Waals surface area contributed by atoms with Crippen LogP contribution in [0.1, 0.15) is 38.2 Å². The molecule has 0 fully saturated rings. The molecule has 114 valence electrons. The standard InChI is InChI=1S/C19H21ClN2/c1-2-3-4-5-8-14-9-6-7-10-16(14)19-21-17-12-11-15(20)13-18(17)22-19/h6-7,9-13H,2-5,8H2,1H3,(H,21,22). The number of H-pyrrole nitrogens is 1. The van der Waals surface area contributed by atoms with Gasteiger partial charge < -0.3 is 4.98 Å².